The van der Waals surface area contributed by atoms with Gasteiger partial charge in [0, 0.05) is 6.61 Å². The molecule has 1 heterocycles. The summed E-state index contributed by atoms with van der Waals surface area (Å²) in [6.07, 6.45) is 8.67. The van der Waals surface area contributed by atoms with E-state index in [1.54, 1.807) is 0 Å². The van der Waals surface area contributed by atoms with E-state index in [-0.39, 0.29) is 6.10 Å². The van der Waals surface area contributed by atoms with Crippen LogP contribution in [0.25, 0.3) is 0 Å². The van der Waals surface area contributed by atoms with Gasteiger partial charge in [0.05, 0.1) is 12.2 Å². The lowest BCUT2D eigenvalue weighted by Gasteiger charge is -2.29. The van der Waals surface area contributed by atoms with E-state index in [2.05, 4.69) is 0 Å². The van der Waals surface area contributed by atoms with Crippen LogP contribution in [0.5, 0.6) is 0 Å². The first-order chi connectivity index (χ1) is 6.36. The summed E-state index contributed by atoms with van der Waals surface area (Å²) in [6.45, 7) is 0.938. The minimum absolute atomic E-state index is 0.0436. The summed E-state index contributed by atoms with van der Waals surface area (Å²) >= 11 is 0. The smallest absolute Gasteiger partial charge is 0.0579 e. The minimum atomic E-state index is -0.0436. The highest BCUT2D eigenvalue weighted by atomic mass is 16.5. The van der Waals surface area contributed by atoms with E-state index in [4.69, 9.17) is 4.74 Å². The molecule has 1 saturated heterocycles. The lowest BCUT2D eigenvalue weighted by atomic mass is 9.82. The molecular formula is C11H20O2. The van der Waals surface area contributed by atoms with E-state index in [0.717, 1.165) is 19.4 Å². The topological polar surface area (TPSA) is 29.5 Å². The third-order valence-corrected chi connectivity index (χ3v) is 3.46. The van der Waals surface area contributed by atoms with Crippen molar-refractivity contribution in [2.75, 3.05) is 6.61 Å². The van der Waals surface area contributed by atoms with Crippen LogP contribution in [0.4, 0.5) is 0 Å². The predicted molar refractivity (Wildman–Crippen MR) is 51.6 cm³/mol. The molecule has 13 heavy (non-hydrogen) atoms. The summed E-state index contributed by atoms with van der Waals surface area (Å²) in [5.74, 6) is 0.525. The van der Waals surface area contributed by atoms with Gasteiger partial charge < -0.3 is 9.84 Å². The molecule has 2 fully saturated rings. The SMILES string of the molecule is OC1CCCCC1CC1CCCO1. The molecule has 2 rings (SSSR count). The van der Waals surface area contributed by atoms with E-state index >= 15 is 0 Å². The predicted octanol–water partition coefficient (Wildman–Crippen LogP) is 2.11. The molecule has 2 heteroatoms. The number of rotatable bonds is 2. The lowest BCUT2D eigenvalue weighted by molar-refractivity contribution is 0.0227. The lowest BCUT2D eigenvalue weighted by Crippen LogP contribution is -2.27. The van der Waals surface area contributed by atoms with Gasteiger partial charge in [0.25, 0.3) is 0 Å². The standard InChI is InChI=1S/C11H20O2/c12-11-6-2-1-4-9(11)8-10-5-3-7-13-10/h9-12H,1-8H2. The fraction of sp³-hybridized carbons (Fsp3) is 1.00. The van der Waals surface area contributed by atoms with Crippen LogP contribution in [-0.4, -0.2) is 23.9 Å². The highest BCUT2D eigenvalue weighted by Crippen LogP contribution is 2.30. The second kappa shape index (κ2) is 4.43. The van der Waals surface area contributed by atoms with Crippen molar-refractivity contribution in [3.63, 3.8) is 0 Å². The average Bonchev–Trinajstić information content (AvgIpc) is 2.61. The zero-order valence-electron chi connectivity index (χ0n) is 8.24. The van der Waals surface area contributed by atoms with Gasteiger partial charge in [0.15, 0.2) is 0 Å². The Kier molecular flexibility index (Phi) is 3.23. The van der Waals surface area contributed by atoms with Crippen molar-refractivity contribution in [1.29, 1.82) is 0 Å². The van der Waals surface area contributed by atoms with Gasteiger partial charge in [-0.1, -0.05) is 12.8 Å². The summed E-state index contributed by atoms with van der Waals surface area (Å²) in [4.78, 5) is 0. The Morgan fingerprint density at radius 2 is 1.92 bits per heavy atom. The Morgan fingerprint density at radius 1 is 1.08 bits per heavy atom. The molecule has 76 valence electrons. The molecule has 0 aromatic rings. The molecule has 1 aliphatic heterocycles. The molecule has 0 aromatic carbocycles. The van der Waals surface area contributed by atoms with Crippen molar-refractivity contribution < 1.29 is 9.84 Å². The summed E-state index contributed by atoms with van der Waals surface area (Å²) in [5, 5.41) is 9.77. The maximum absolute atomic E-state index is 9.77. The molecule has 2 aliphatic rings. The molecule has 3 unspecified atom stereocenters. The highest BCUT2D eigenvalue weighted by Gasteiger charge is 2.27. The molecule has 1 N–H and O–H groups in total. The fourth-order valence-electron chi connectivity index (χ4n) is 2.63. The van der Waals surface area contributed by atoms with Crippen molar-refractivity contribution >= 4 is 0 Å². The van der Waals surface area contributed by atoms with Crippen molar-refractivity contribution in [3.05, 3.63) is 0 Å². The summed E-state index contributed by atoms with van der Waals surface area (Å²) in [7, 11) is 0. The van der Waals surface area contributed by atoms with Crippen LogP contribution in [0.15, 0.2) is 0 Å². The largest absolute Gasteiger partial charge is 0.393 e. The van der Waals surface area contributed by atoms with Gasteiger partial charge >= 0.3 is 0 Å². The fourth-order valence-corrected chi connectivity index (χ4v) is 2.63. The number of aliphatic hydroxyl groups is 1. The first kappa shape index (κ1) is 9.47. The van der Waals surface area contributed by atoms with E-state index in [1.165, 1.54) is 32.1 Å². The number of hydrogen-bond donors (Lipinski definition) is 1. The van der Waals surface area contributed by atoms with Crippen LogP contribution in [0.1, 0.15) is 44.9 Å². The van der Waals surface area contributed by atoms with Crippen molar-refractivity contribution in [3.8, 4) is 0 Å². The maximum atomic E-state index is 9.77. The summed E-state index contributed by atoms with van der Waals surface area (Å²) in [6, 6.07) is 0. The zero-order chi connectivity index (χ0) is 9.10. The Morgan fingerprint density at radius 3 is 2.62 bits per heavy atom. The first-order valence-corrected chi connectivity index (χ1v) is 5.66. The monoisotopic (exact) mass is 184 g/mol. The number of hydrogen-bond acceptors (Lipinski definition) is 2. The minimum Gasteiger partial charge on any atom is -0.393 e. The molecule has 0 amide bonds. The molecule has 0 aromatic heterocycles. The molecule has 1 aliphatic carbocycles. The molecule has 2 nitrogen and oxygen atoms in total. The molecule has 0 radical (unpaired) electrons. The van der Waals surface area contributed by atoms with Gasteiger partial charge in [-0.3, -0.25) is 0 Å². The van der Waals surface area contributed by atoms with Crippen LogP contribution in [0, 0.1) is 5.92 Å². The van der Waals surface area contributed by atoms with Gasteiger partial charge in [0.1, 0.15) is 0 Å². The summed E-state index contributed by atoms with van der Waals surface area (Å²) in [5.41, 5.74) is 0. The van der Waals surface area contributed by atoms with Crippen LogP contribution >= 0.6 is 0 Å². The normalized spacial score (nSPS) is 40.8. The number of ether oxygens (including phenoxy) is 1. The van der Waals surface area contributed by atoms with Crippen LogP contribution in [0.2, 0.25) is 0 Å². The molecule has 0 spiro atoms. The van der Waals surface area contributed by atoms with Gasteiger partial charge in [-0.15, -0.1) is 0 Å². The summed E-state index contributed by atoms with van der Waals surface area (Å²) < 4.78 is 5.59. The molecule has 0 bridgehead atoms. The van der Waals surface area contributed by atoms with Crippen molar-refractivity contribution in [1.82, 2.24) is 0 Å². The number of aliphatic hydroxyl groups excluding tert-OH is 1. The van der Waals surface area contributed by atoms with E-state index < -0.39 is 0 Å². The van der Waals surface area contributed by atoms with E-state index in [9.17, 15) is 5.11 Å². The Labute approximate surface area is 80.3 Å². The Balaban J connectivity index is 1.78. The first-order valence-electron chi connectivity index (χ1n) is 5.66. The third-order valence-electron chi connectivity index (χ3n) is 3.46. The van der Waals surface area contributed by atoms with Crippen LogP contribution < -0.4 is 0 Å². The van der Waals surface area contributed by atoms with Crippen LogP contribution in [0.3, 0.4) is 0 Å². The maximum Gasteiger partial charge on any atom is 0.0579 e. The Hall–Kier alpha value is -0.0800. The zero-order valence-corrected chi connectivity index (χ0v) is 8.24. The van der Waals surface area contributed by atoms with E-state index in [0.29, 0.717) is 12.0 Å². The third kappa shape index (κ3) is 2.44. The second-order valence-electron chi connectivity index (χ2n) is 4.48. The quantitative estimate of drug-likeness (QED) is 0.712. The Bertz CT molecular complexity index is 152. The molecular weight excluding hydrogens is 164 g/mol. The average molecular weight is 184 g/mol. The highest BCUT2D eigenvalue weighted by molar-refractivity contribution is 4.78. The molecule has 3 atom stereocenters. The van der Waals surface area contributed by atoms with Gasteiger partial charge in [-0.25, -0.2) is 0 Å². The van der Waals surface area contributed by atoms with E-state index in [1.807, 2.05) is 0 Å². The van der Waals surface area contributed by atoms with Crippen molar-refractivity contribution in [2.45, 2.75) is 57.2 Å². The molecule has 1 saturated carbocycles. The van der Waals surface area contributed by atoms with Crippen molar-refractivity contribution in [2.24, 2.45) is 5.92 Å². The van der Waals surface area contributed by atoms with Gasteiger partial charge in [-0.2, -0.15) is 0 Å². The van der Waals surface area contributed by atoms with Crippen LogP contribution in [-0.2, 0) is 4.74 Å². The van der Waals surface area contributed by atoms with Gasteiger partial charge in [0.2, 0.25) is 0 Å². The second-order valence-corrected chi connectivity index (χ2v) is 4.48. The van der Waals surface area contributed by atoms with Gasteiger partial charge in [-0.05, 0) is 38.0 Å².